The smallest absolute Gasteiger partial charge is 0.0458 e. The van der Waals surface area contributed by atoms with Gasteiger partial charge in [-0.15, -0.1) is 0 Å². The van der Waals surface area contributed by atoms with E-state index >= 15 is 0 Å². The van der Waals surface area contributed by atoms with E-state index in [1.165, 1.54) is 57.2 Å². The van der Waals surface area contributed by atoms with E-state index in [2.05, 4.69) is 100 Å². The van der Waals surface area contributed by atoms with E-state index < -0.39 is 0 Å². The van der Waals surface area contributed by atoms with Crippen LogP contribution < -0.4 is 5.32 Å². The SMILES string of the molecule is c1ccc(CCNCCc2c(CCCCc3cc4ccccc4[nH]3)[nH]c3ccccc23)cc1. The molecule has 0 bridgehead atoms. The van der Waals surface area contributed by atoms with E-state index in [0.717, 1.165) is 38.8 Å². The van der Waals surface area contributed by atoms with E-state index in [-0.39, 0.29) is 0 Å². The van der Waals surface area contributed by atoms with Gasteiger partial charge >= 0.3 is 0 Å². The van der Waals surface area contributed by atoms with Gasteiger partial charge in [-0.2, -0.15) is 0 Å². The van der Waals surface area contributed by atoms with Crippen molar-refractivity contribution in [1.29, 1.82) is 0 Å². The van der Waals surface area contributed by atoms with Crippen LogP contribution >= 0.6 is 0 Å². The Balaban J connectivity index is 1.15. The lowest BCUT2D eigenvalue weighted by Crippen LogP contribution is -2.20. The molecule has 0 unspecified atom stereocenters. The number of hydrogen-bond donors (Lipinski definition) is 3. The second-order valence-corrected chi connectivity index (χ2v) is 8.95. The summed E-state index contributed by atoms with van der Waals surface area (Å²) < 4.78 is 0. The average molecular weight is 436 g/mol. The van der Waals surface area contributed by atoms with Gasteiger partial charge in [0.2, 0.25) is 0 Å². The maximum absolute atomic E-state index is 3.72. The van der Waals surface area contributed by atoms with Crippen LogP contribution in [-0.2, 0) is 25.7 Å². The summed E-state index contributed by atoms with van der Waals surface area (Å²) >= 11 is 0. The van der Waals surface area contributed by atoms with Gasteiger partial charge in [-0.1, -0.05) is 66.7 Å². The molecule has 2 aromatic heterocycles. The number of nitrogens with one attached hydrogen (secondary N) is 3. The first-order valence-electron chi connectivity index (χ1n) is 12.3. The first kappa shape index (κ1) is 21.5. The van der Waals surface area contributed by atoms with Crippen molar-refractivity contribution in [1.82, 2.24) is 15.3 Å². The summed E-state index contributed by atoms with van der Waals surface area (Å²) in [4.78, 5) is 7.28. The highest BCUT2D eigenvalue weighted by molar-refractivity contribution is 5.84. The molecular formula is C30H33N3. The lowest BCUT2D eigenvalue weighted by Gasteiger charge is -2.08. The quantitative estimate of drug-likeness (QED) is 0.201. The summed E-state index contributed by atoms with van der Waals surface area (Å²) in [7, 11) is 0. The molecule has 3 heteroatoms. The van der Waals surface area contributed by atoms with Crippen molar-refractivity contribution in [3.05, 3.63) is 107 Å². The highest BCUT2D eigenvalue weighted by atomic mass is 14.8. The van der Waals surface area contributed by atoms with E-state index in [9.17, 15) is 0 Å². The molecule has 3 nitrogen and oxygen atoms in total. The lowest BCUT2D eigenvalue weighted by atomic mass is 10.0. The van der Waals surface area contributed by atoms with Gasteiger partial charge in [-0.05, 0) is 86.3 Å². The third kappa shape index (κ3) is 5.37. The Bertz CT molecular complexity index is 1260. The number of aromatic nitrogens is 2. The first-order chi connectivity index (χ1) is 16.4. The fourth-order valence-electron chi connectivity index (χ4n) is 4.86. The molecule has 3 aromatic carbocycles. The maximum atomic E-state index is 3.72. The van der Waals surface area contributed by atoms with Crippen LogP contribution in [0, 0.1) is 0 Å². The molecule has 0 atom stereocenters. The summed E-state index contributed by atoms with van der Waals surface area (Å²) in [6.45, 7) is 2.03. The van der Waals surface area contributed by atoms with Crippen LogP contribution in [0.4, 0.5) is 0 Å². The van der Waals surface area contributed by atoms with Crippen LogP contribution in [-0.4, -0.2) is 23.1 Å². The van der Waals surface area contributed by atoms with Crippen molar-refractivity contribution in [2.75, 3.05) is 13.1 Å². The Hall–Kier alpha value is -3.30. The van der Waals surface area contributed by atoms with Crippen molar-refractivity contribution >= 4 is 21.8 Å². The predicted octanol–water partition coefficient (Wildman–Crippen LogP) is 6.59. The summed E-state index contributed by atoms with van der Waals surface area (Å²) in [6.07, 6.45) is 6.73. The zero-order valence-corrected chi connectivity index (χ0v) is 19.2. The Kier molecular flexibility index (Phi) is 6.88. The molecule has 3 N–H and O–H groups in total. The molecule has 0 saturated carbocycles. The molecule has 5 aromatic rings. The fourth-order valence-corrected chi connectivity index (χ4v) is 4.86. The number of H-pyrrole nitrogens is 2. The molecule has 0 saturated heterocycles. The molecule has 0 amide bonds. The van der Waals surface area contributed by atoms with Crippen LogP contribution in [0.1, 0.15) is 35.4 Å². The van der Waals surface area contributed by atoms with Crippen molar-refractivity contribution in [2.24, 2.45) is 0 Å². The Morgan fingerprint density at radius 2 is 1.33 bits per heavy atom. The number of aromatic amines is 2. The summed E-state index contributed by atoms with van der Waals surface area (Å²) in [5.74, 6) is 0. The maximum Gasteiger partial charge on any atom is 0.0458 e. The van der Waals surface area contributed by atoms with Gasteiger partial charge in [0.1, 0.15) is 0 Å². The number of hydrogen-bond acceptors (Lipinski definition) is 1. The molecule has 168 valence electrons. The molecule has 0 fully saturated rings. The van der Waals surface area contributed by atoms with E-state index in [1.54, 1.807) is 0 Å². The molecule has 0 aliphatic heterocycles. The summed E-state index contributed by atoms with van der Waals surface area (Å²) in [5, 5.41) is 6.34. The first-order valence-corrected chi connectivity index (χ1v) is 12.3. The van der Waals surface area contributed by atoms with Crippen LogP contribution in [0.25, 0.3) is 21.8 Å². The average Bonchev–Trinajstić information content (AvgIpc) is 3.43. The molecule has 33 heavy (non-hydrogen) atoms. The topological polar surface area (TPSA) is 43.6 Å². The normalized spacial score (nSPS) is 11.5. The third-order valence-corrected chi connectivity index (χ3v) is 6.60. The van der Waals surface area contributed by atoms with Gasteiger partial charge in [-0.3, -0.25) is 0 Å². The zero-order chi connectivity index (χ0) is 22.3. The van der Waals surface area contributed by atoms with Crippen LogP contribution in [0.3, 0.4) is 0 Å². The van der Waals surface area contributed by atoms with Crippen molar-refractivity contribution in [3.63, 3.8) is 0 Å². The number of fused-ring (bicyclic) bond motifs is 2. The van der Waals surface area contributed by atoms with Crippen LogP contribution in [0.5, 0.6) is 0 Å². The number of benzene rings is 3. The fraction of sp³-hybridized carbons (Fsp3) is 0.267. The lowest BCUT2D eigenvalue weighted by molar-refractivity contribution is 0.674. The molecule has 0 spiro atoms. The minimum absolute atomic E-state index is 1.01. The Labute approximate surface area is 196 Å². The molecule has 0 aliphatic rings. The van der Waals surface area contributed by atoms with Gasteiger partial charge in [0.05, 0.1) is 0 Å². The van der Waals surface area contributed by atoms with E-state index in [4.69, 9.17) is 0 Å². The number of para-hydroxylation sites is 2. The summed E-state index contributed by atoms with van der Waals surface area (Å²) in [6, 6.07) is 30.3. The van der Waals surface area contributed by atoms with Crippen molar-refractivity contribution in [2.45, 2.75) is 38.5 Å². The van der Waals surface area contributed by atoms with Crippen LogP contribution in [0.2, 0.25) is 0 Å². The van der Waals surface area contributed by atoms with Gasteiger partial charge in [0.25, 0.3) is 0 Å². The number of aryl methyl sites for hydroxylation is 2. The molecular weight excluding hydrogens is 402 g/mol. The van der Waals surface area contributed by atoms with Crippen molar-refractivity contribution < 1.29 is 0 Å². The third-order valence-electron chi connectivity index (χ3n) is 6.60. The molecule has 5 rings (SSSR count). The highest BCUT2D eigenvalue weighted by Crippen LogP contribution is 2.24. The minimum atomic E-state index is 1.01. The minimum Gasteiger partial charge on any atom is -0.358 e. The predicted molar refractivity (Wildman–Crippen MR) is 140 cm³/mol. The molecule has 0 radical (unpaired) electrons. The molecule has 2 heterocycles. The second-order valence-electron chi connectivity index (χ2n) is 8.95. The Morgan fingerprint density at radius 3 is 2.21 bits per heavy atom. The van der Waals surface area contributed by atoms with Gasteiger partial charge in [0.15, 0.2) is 0 Å². The number of rotatable bonds is 11. The standard InChI is InChI=1S/C30H33N3/c1-2-10-23(11-3-1)18-20-31-21-19-27-26-14-6-9-17-29(26)33-30(27)16-8-5-13-25-22-24-12-4-7-15-28(24)32-25/h1-4,6-7,9-12,14-15,17,22,31-33H,5,8,13,16,18-21H2. The molecule has 0 aliphatic carbocycles. The van der Waals surface area contributed by atoms with E-state index in [1.807, 2.05) is 0 Å². The second kappa shape index (κ2) is 10.5. The zero-order valence-electron chi connectivity index (χ0n) is 19.2. The van der Waals surface area contributed by atoms with Gasteiger partial charge in [-0.25, -0.2) is 0 Å². The van der Waals surface area contributed by atoms with Crippen LogP contribution in [0.15, 0.2) is 84.9 Å². The van der Waals surface area contributed by atoms with E-state index in [0.29, 0.717) is 0 Å². The number of unbranched alkanes of at least 4 members (excludes halogenated alkanes) is 1. The summed E-state index contributed by atoms with van der Waals surface area (Å²) in [5.41, 5.74) is 8.15. The largest absolute Gasteiger partial charge is 0.358 e. The van der Waals surface area contributed by atoms with Gasteiger partial charge < -0.3 is 15.3 Å². The van der Waals surface area contributed by atoms with Gasteiger partial charge in [0, 0.05) is 27.8 Å². The van der Waals surface area contributed by atoms with Crippen molar-refractivity contribution in [3.8, 4) is 0 Å². The highest BCUT2D eigenvalue weighted by Gasteiger charge is 2.11. The Morgan fingerprint density at radius 1 is 0.606 bits per heavy atom. The monoisotopic (exact) mass is 435 g/mol.